The van der Waals surface area contributed by atoms with E-state index >= 15 is 0 Å². The number of hydrogen-bond acceptors (Lipinski definition) is 3. The summed E-state index contributed by atoms with van der Waals surface area (Å²) in [7, 11) is 0. The second-order valence-corrected chi connectivity index (χ2v) is 6.17. The Morgan fingerprint density at radius 1 is 1.08 bits per heavy atom. The van der Waals surface area contributed by atoms with E-state index in [0.717, 1.165) is 16.9 Å². The van der Waals surface area contributed by atoms with Gasteiger partial charge in [-0.2, -0.15) is 0 Å². The van der Waals surface area contributed by atoms with Gasteiger partial charge in [0.15, 0.2) is 0 Å². The van der Waals surface area contributed by atoms with Crippen LogP contribution >= 0.6 is 0 Å². The number of aryl methyl sites for hydroxylation is 1. The zero-order valence-electron chi connectivity index (χ0n) is 14.5. The van der Waals surface area contributed by atoms with Crippen LogP contribution < -0.4 is 5.32 Å². The highest BCUT2D eigenvalue weighted by Gasteiger charge is 2.16. The molecular formula is C21H19NO4. The highest BCUT2D eigenvalue weighted by Crippen LogP contribution is 2.25. The fourth-order valence-electron chi connectivity index (χ4n) is 2.79. The third-order valence-corrected chi connectivity index (χ3v) is 4.27. The second kappa shape index (κ2) is 7.27. The van der Waals surface area contributed by atoms with Crippen LogP contribution in [0.1, 0.15) is 50.4 Å². The number of benzene rings is 2. The average Bonchev–Trinajstić information content (AvgIpc) is 3.17. The first-order valence-electron chi connectivity index (χ1n) is 8.24. The number of carbonyl (C=O) groups excluding carboxylic acids is 1. The maximum absolute atomic E-state index is 12.6. The number of carbonyl (C=O) groups is 2. The highest BCUT2D eigenvalue weighted by atomic mass is 16.4. The molecule has 0 fully saturated rings. The molecule has 1 atom stereocenters. The Labute approximate surface area is 151 Å². The van der Waals surface area contributed by atoms with Gasteiger partial charge in [-0.15, -0.1) is 0 Å². The third kappa shape index (κ3) is 3.67. The van der Waals surface area contributed by atoms with Crippen LogP contribution in [0.5, 0.6) is 0 Å². The van der Waals surface area contributed by atoms with E-state index in [4.69, 9.17) is 4.42 Å². The summed E-state index contributed by atoms with van der Waals surface area (Å²) in [5.74, 6) is -0.616. The van der Waals surface area contributed by atoms with Crippen LogP contribution in [0.4, 0.5) is 5.69 Å². The Balaban J connectivity index is 1.85. The van der Waals surface area contributed by atoms with E-state index in [2.05, 4.69) is 5.32 Å². The minimum atomic E-state index is -1.08. The molecule has 5 heteroatoms. The molecule has 3 rings (SSSR count). The van der Waals surface area contributed by atoms with E-state index in [9.17, 15) is 14.7 Å². The fourth-order valence-corrected chi connectivity index (χ4v) is 2.79. The maximum Gasteiger partial charge on any atom is 0.337 e. The minimum absolute atomic E-state index is 0.00621. The van der Waals surface area contributed by atoms with Gasteiger partial charge in [0, 0.05) is 11.5 Å². The van der Waals surface area contributed by atoms with Crippen LogP contribution in [-0.2, 0) is 0 Å². The summed E-state index contributed by atoms with van der Waals surface area (Å²) in [4.78, 5) is 24.0. The Bertz CT molecular complexity index is 944. The molecule has 1 heterocycles. The van der Waals surface area contributed by atoms with Gasteiger partial charge in [-0.25, -0.2) is 4.79 Å². The second-order valence-electron chi connectivity index (χ2n) is 6.17. The standard InChI is InChI=1S/C21H19NO4/c1-13-8-9-18(17(11-13)21(24)25)22-20(23)16-6-3-5-15(12-16)14(2)19-7-4-10-26-19/h3-12,14H,1-2H3,(H,22,23)(H,24,25). The van der Waals surface area contributed by atoms with E-state index in [0.29, 0.717) is 5.56 Å². The summed E-state index contributed by atoms with van der Waals surface area (Å²) >= 11 is 0. The molecular weight excluding hydrogens is 330 g/mol. The predicted molar refractivity (Wildman–Crippen MR) is 98.8 cm³/mol. The van der Waals surface area contributed by atoms with Crippen molar-refractivity contribution in [1.29, 1.82) is 0 Å². The first-order valence-corrected chi connectivity index (χ1v) is 8.24. The molecule has 5 nitrogen and oxygen atoms in total. The van der Waals surface area contributed by atoms with Crippen LogP contribution in [0.2, 0.25) is 0 Å². The zero-order chi connectivity index (χ0) is 18.7. The molecule has 2 aromatic carbocycles. The topological polar surface area (TPSA) is 79.5 Å². The Morgan fingerprint density at radius 3 is 2.58 bits per heavy atom. The highest BCUT2D eigenvalue weighted by molar-refractivity contribution is 6.07. The predicted octanol–water partition coefficient (Wildman–Crippen LogP) is 4.69. The molecule has 0 aliphatic carbocycles. The molecule has 0 saturated heterocycles. The van der Waals surface area contributed by atoms with Gasteiger partial charge in [0.2, 0.25) is 0 Å². The Hall–Kier alpha value is -3.34. The number of amides is 1. The molecule has 0 aliphatic rings. The van der Waals surface area contributed by atoms with Crippen LogP contribution in [0, 0.1) is 6.92 Å². The van der Waals surface area contributed by atoms with Crippen molar-refractivity contribution in [3.63, 3.8) is 0 Å². The van der Waals surface area contributed by atoms with Gasteiger partial charge in [0.05, 0.1) is 17.5 Å². The first kappa shape index (κ1) is 17.5. The van der Waals surface area contributed by atoms with E-state index in [-0.39, 0.29) is 23.1 Å². The number of nitrogens with one attached hydrogen (secondary N) is 1. The van der Waals surface area contributed by atoms with Crippen molar-refractivity contribution in [3.8, 4) is 0 Å². The van der Waals surface area contributed by atoms with Crippen LogP contribution in [0.3, 0.4) is 0 Å². The van der Waals surface area contributed by atoms with Gasteiger partial charge in [-0.3, -0.25) is 4.79 Å². The first-order chi connectivity index (χ1) is 12.5. The summed E-state index contributed by atoms with van der Waals surface area (Å²) < 4.78 is 5.43. The molecule has 3 aromatic rings. The minimum Gasteiger partial charge on any atom is -0.478 e. The largest absolute Gasteiger partial charge is 0.478 e. The van der Waals surface area contributed by atoms with E-state index in [1.165, 1.54) is 6.07 Å². The average molecular weight is 349 g/mol. The molecule has 1 amide bonds. The van der Waals surface area contributed by atoms with Gasteiger partial charge in [-0.1, -0.05) is 30.7 Å². The lowest BCUT2D eigenvalue weighted by Crippen LogP contribution is -2.15. The zero-order valence-corrected chi connectivity index (χ0v) is 14.5. The molecule has 26 heavy (non-hydrogen) atoms. The molecule has 0 spiro atoms. The van der Waals surface area contributed by atoms with E-state index in [1.807, 2.05) is 25.1 Å². The molecule has 0 bridgehead atoms. The Kier molecular flexibility index (Phi) is 4.89. The van der Waals surface area contributed by atoms with Crippen molar-refractivity contribution in [1.82, 2.24) is 0 Å². The fraction of sp³-hybridized carbons (Fsp3) is 0.143. The van der Waals surface area contributed by atoms with Crippen molar-refractivity contribution < 1.29 is 19.1 Å². The lowest BCUT2D eigenvalue weighted by atomic mass is 9.96. The number of aromatic carboxylic acids is 1. The third-order valence-electron chi connectivity index (χ3n) is 4.27. The van der Waals surface area contributed by atoms with Crippen molar-refractivity contribution in [2.45, 2.75) is 19.8 Å². The summed E-state index contributed by atoms with van der Waals surface area (Å²) in [6.07, 6.45) is 1.62. The summed E-state index contributed by atoms with van der Waals surface area (Å²) in [5.41, 5.74) is 2.55. The summed E-state index contributed by atoms with van der Waals surface area (Å²) in [6.45, 7) is 3.80. The summed E-state index contributed by atoms with van der Waals surface area (Å²) in [5, 5.41) is 12.0. The molecule has 1 aromatic heterocycles. The molecule has 2 N–H and O–H groups in total. The molecule has 0 aliphatic heterocycles. The van der Waals surface area contributed by atoms with E-state index in [1.54, 1.807) is 43.5 Å². The van der Waals surface area contributed by atoms with Crippen molar-refractivity contribution >= 4 is 17.6 Å². The van der Waals surface area contributed by atoms with Crippen molar-refractivity contribution in [2.75, 3.05) is 5.32 Å². The number of anilines is 1. The monoisotopic (exact) mass is 349 g/mol. The van der Waals surface area contributed by atoms with Crippen LogP contribution in [0.25, 0.3) is 0 Å². The van der Waals surface area contributed by atoms with Gasteiger partial charge in [0.1, 0.15) is 5.76 Å². The van der Waals surface area contributed by atoms with Gasteiger partial charge in [0.25, 0.3) is 5.91 Å². The summed E-state index contributed by atoms with van der Waals surface area (Å²) in [6, 6.07) is 15.8. The molecule has 0 radical (unpaired) electrons. The number of hydrogen-bond donors (Lipinski definition) is 2. The van der Waals surface area contributed by atoms with Gasteiger partial charge >= 0.3 is 5.97 Å². The number of rotatable bonds is 5. The Morgan fingerprint density at radius 2 is 1.88 bits per heavy atom. The van der Waals surface area contributed by atoms with Crippen molar-refractivity contribution in [2.24, 2.45) is 0 Å². The van der Waals surface area contributed by atoms with Crippen molar-refractivity contribution in [3.05, 3.63) is 88.9 Å². The molecule has 132 valence electrons. The number of carboxylic acid groups (broad SMARTS) is 1. The number of carboxylic acids is 1. The molecule has 1 unspecified atom stereocenters. The number of furan rings is 1. The lowest BCUT2D eigenvalue weighted by Gasteiger charge is -2.12. The molecule has 0 saturated carbocycles. The normalized spacial score (nSPS) is 11.8. The van der Waals surface area contributed by atoms with Gasteiger partial charge in [-0.05, 0) is 48.9 Å². The quantitative estimate of drug-likeness (QED) is 0.700. The van der Waals surface area contributed by atoms with E-state index < -0.39 is 5.97 Å². The lowest BCUT2D eigenvalue weighted by molar-refractivity contribution is 0.0698. The maximum atomic E-state index is 12.6. The van der Waals surface area contributed by atoms with Crippen LogP contribution in [0.15, 0.2) is 65.3 Å². The van der Waals surface area contributed by atoms with Crippen LogP contribution in [-0.4, -0.2) is 17.0 Å². The smallest absolute Gasteiger partial charge is 0.337 e. The SMILES string of the molecule is Cc1ccc(NC(=O)c2cccc(C(C)c3ccco3)c2)c(C(=O)O)c1. The van der Waals surface area contributed by atoms with Gasteiger partial charge < -0.3 is 14.8 Å².